The number of methoxy groups -OCH3 is 1. The molecule has 4 aromatic rings. The van der Waals surface area contributed by atoms with E-state index in [1.807, 2.05) is 42.5 Å². The Morgan fingerprint density at radius 2 is 1.60 bits per heavy atom. The molecule has 0 aromatic heterocycles. The fraction of sp³-hybridized carbons (Fsp3) is 0.0938. The molecule has 10 heteroatoms. The number of anilines is 1. The van der Waals surface area contributed by atoms with Crippen LogP contribution in [-0.2, 0) is 22.8 Å². The van der Waals surface area contributed by atoms with Crippen LogP contribution in [0.1, 0.15) is 16.7 Å². The average Bonchev–Trinajstić information content (AvgIpc) is 2.99. The number of hydrogen-bond acceptors (Lipinski definition) is 6. The zero-order valence-electron chi connectivity index (χ0n) is 22.3. The summed E-state index contributed by atoms with van der Waals surface area (Å²) in [6, 6.07) is 25.6. The van der Waals surface area contributed by atoms with Crippen molar-refractivity contribution in [2.24, 2.45) is 0 Å². The van der Waals surface area contributed by atoms with Crippen molar-refractivity contribution in [2.45, 2.75) is 13.2 Å². The summed E-state index contributed by atoms with van der Waals surface area (Å²) in [5, 5.41) is 2.82. The number of urea groups is 1. The summed E-state index contributed by atoms with van der Waals surface area (Å²) in [5.41, 5.74) is 2.37. The summed E-state index contributed by atoms with van der Waals surface area (Å²) in [7, 11) is 1.50. The number of benzene rings is 4. The highest BCUT2D eigenvalue weighted by atomic mass is 79.9. The third-order valence-corrected chi connectivity index (χ3v) is 7.25. The molecule has 5 rings (SSSR count). The van der Waals surface area contributed by atoms with Crippen LogP contribution in [0.4, 0.5) is 10.5 Å². The Morgan fingerprint density at radius 3 is 2.31 bits per heavy atom. The molecule has 1 aliphatic rings. The molecule has 1 fully saturated rings. The van der Waals surface area contributed by atoms with Crippen molar-refractivity contribution in [3.8, 4) is 17.2 Å². The molecular weight excluding hydrogens is 624 g/mol. The fourth-order valence-corrected chi connectivity index (χ4v) is 4.62. The predicted molar refractivity (Wildman–Crippen MR) is 163 cm³/mol. The molecule has 4 aromatic carbocycles. The summed E-state index contributed by atoms with van der Waals surface area (Å²) in [6.45, 7) is 0.576. The highest BCUT2D eigenvalue weighted by Crippen LogP contribution is 2.31. The topological polar surface area (TPSA) is 94.2 Å². The van der Waals surface area contributed by atoms with Crippen LogP contribution in [-0.4, -0.2) is 25.0 Å². The van der Waals surface area contributed by atoms with E-state index in [9.17, 15) is 14.4 Å². The van der Waals surface area contributed by atoms with Crippen molar-refractivity contribution in [1.29, 1.82) is 0 Å². The van der Waals surface area contributed by atoms with Crippen molar-refractivity contribution in [2.75, 3.05) is 12.0 Å². The minimum atomic E-state index is -0.846. The smallest absolute Gasteiger partial charge is 0.335 e. The third kappa shape index (κ3) is 6.64. The summed E-state index contributed by atoms with van der Waals surface area (Å²) >= 11 is 9.59. The van der Waals surface area contributed by atoms with Gasteiger partial charge in [-0.25, -0.2) is 9.69 Å². The first-order valence-corrected chi connectivity index (χ1v) is 13.9. The molecule has 4 amide bonds. The monoisotopic (exact) mass is 646 g/mol. The summed E-state index contributed by atoms with van der Waals surface area (Å²) < 4.78 is 18.1. The second-order valence-corrected chi connectivity index (χ2v) is 10.5. The number of nitrogens with zero attached hydrogens (tertiary/aromatic N) is 1. The molecule has 1 heterocycles. The highest BCUT2D eigenvalue weighted by molar-refractivity contribution is 9.10. The van der Waals surface area contributed by atoms with Crippen LogP contribution in [0, 0.1) is 0 Å². The molecule has 0 atom stereocenters. The van der Waals surface area contributed by atoms with E-state index >= 15 is 0 Å². The summed E-state index contributed by atoms with van der Waals surface area (Å²) in [6.07, 6.45) is 1.40. The number of hydrogen-bond donors (Lipinski definition) is 1. The van der Waals surface area contributed by atoms with Gasteiger partial charge >= 0.3 is 6.03 Å². The minimum Gasteiger partial charge on any atom is -0.493 e. The van der Waals surface area contributed by atoms with Gasteiger partial charge in [0.2, 0.25) is 0 Å². The molecule has 0 saturated carbocycles. The molecule has 1 saturated heterocycles. The zero-order valence-corrected chi connectivity index (χ0v) is 24.6. The number of rotatable bonds is 9. The first-order valence-electron chi connectivity index (χ1n) is 12.8. The van der Waals surface area contributed by atoms with Crippen molar-refractivity contribution < 1.29 is 28.6 Å². The summed E-state index contributed by atoms with van der Waals surface area (Å²) in [4.78, 5) is 39.6. The van der Waals surface area contributed by atoms with Crippen LogP contribution in [0.5, 0.6) is 17.2 Å². The lowest BCUT2D eigenvalue weighted by Gasteiger charge is -2.26. The van der Waals surface area contributed by atoms with Gasteiger partial charge in [-0.15, -0.1) is 0 Å². The lowest BCUT2D eigenvalue weighted by atomic mass is 10.1. The lowest BCUT2D eigenvalue weighted by Crippen LogP contribution is -2.54. The van der Waals surface area contributed by atoms with Gasteiger partial charge < -0.3 is 14.2 Å². The largest absolute Gasteiger partial charge is 0.493 e. The van der Waals surface area contributed by atoms with Crippen LogP contribution in [0.25, 0.3) is 6.08 Å². The SMILES string of the molecule is COc1cc(/C=C2\C(=O)NC(=O)N(c3ccc(OCc4ccccc4Cl)cc3)C2=O)ccc1OCc1ccc(Br)cc1. The van der Waals surface area contributed by atoms with E-state index in [2.05, 4.69) is 21.2 Å². The molecule has 212 valence electrons. The Labute approximate surface area is 255 Å². The van der Waals surface area contributed by atoms with E-state index < -0.39 is 17.8 Å². The lowest BCUT2D eigenvalue weighted by molar-refractivity contribution is -0.122. The Balaban J connectivity index is 1.31. The zero-order chi connectivity index (χ0) is 29.6. The van der Waals surface area contributed by atoms with Gasteiger partial charge in [0.1, 0.15) is 24.5 Å². The average molecular weight is 648 g/mol. The number of imide groups is 2. The van der Waals surface area contributed by atoms with Gasteiger partial charge in [0.05, 0.1) is 12.8 Å². The van der Waals surface area contributed by atoms with Gasteiger partial charge in [-0.2, -0.15) is 0 Å². The standard InChI is InChI=1S/C32H24BrClN2O6/c1-40-29-17-21(8-15-28(29)42-18-20-6-9-23(33)10-7-20)16-26-30(37)35-32(39)36(31(26)38)24-11-13-25(14-12-24)41-19-22-4-2-3-5-27(22)34/h2-17H,18-19H2,1H3,(H,35,37,39)/b26-16+. The molecule has 0 unspecified atom stereocenters. The second-order valence-electron chi connectivity index (χ2n) is 9.16. The van der Waals surface area contributed by atoms with Crippen LogP contribution >= 0.6 is 27.5 Å². The fourth-order valence-electron chi connectivity index (χ4n) is 4.16. The van der Waals surface area contributed by atoms with Crippen LogP contribution in [0.2, 0.25) is 5.02 Å². The van der Waals surface area contributed by atoms with E-state index in [4.69, 9.17) is 25.8 Å². The molecule has 0 aliphatic carbocycles. The Bertz CT molecular complexity index is 1670. The molecular formula is C32H24BrClN2O6. The van der Waals surface area contributed by atoms with Crippen LogP contribution < -0.4 is 24.4 Å². The first-order chi connectivity index (χ1) is 20.3. The maximum Gasteiger partial charge on any atom is 0.335 e. The normalized spacial score (nSPS) is 14.1. The van der Waals surface area contributed by atoms with Gasteiger partial charge in [0.25, 0.3) is 11.8 Å². The minimum absolute atomic E-state index is 0.209. The molecule has 1 aliphatic heterocycles. The Hall–Kier alpha value is -4.60. The molecule has 1 N–H and O–H groups in total. The Kier molecular flexibility index (Phi) is 8.90. The number of carbonyl (C=O) groups is 3. The highest BCUT2D eigenvalue weighted by Gasteiger charge is 2.36. The van der Waals surface area contributed by atoms with Crippen molar-refractivity contribution in [3.05, 3.63) is 123 Å². The maximum absolute atomic E-state index is 13.4. The van der Waals surface area contributed by atoms with Crippen molar-refractivity contribution in [1.82, 2.24) is 5.32 Å². The molecule has 0 radical (unpaired) electrons. The number of barbiturate groups is 1. The first kappa shape index (κ1) is 28.9. The molecule has 8 nitrogen and oxygen atoms in total. The maximum atomic E-state index is 13.4. The third-order valence-electron chi connectivity index (χ3n) is 6.36. The van der Waals surface area contributed by atoms with Gasteiger partial charge in [0, 0.05) is 15.1 Å². The number of ether oxygens (including phenoxy) is 3. The van der Waals surface area contributed by atoms with Crippen molar-refractivity contribution >= 4 is 57.1 Å². The van der Waals surface area contributed by atoms with Gasteiger partial charge in [-0.3, -0.25) is 14.9 Å². The predicted octanol–water partition coefficient (Wildman–Crippen LogP) is 6.94. The number of nitrogens with one attached hydrogen (secondary N) is 1. The Morgan fingerprint density at radius 1 is 0.857 bits per heavy atom. The second kappa shape index (κ2) is 12.9. The number of amides is 4. The molecule has 0 bridgehead atoms. The summed E-state index contributed by atoms with van der Waals surface area (Å²) in [5.74, 6) is -0.121. The molecule has 0 spiro atoms. The van der Waals surface area contributed by atoms with Crippen molar-refractivity contribution in [3.63, 3.8) is 0 Å². The van der Waals surface area contributed by atoms with E-state index in [-0.39, 0.29) is 17.9 Å². The van der Waals surface area contributed by atoms with Gasteiger partial charge in [0.15, 0.2) is 11.5 Å². The van der Waals surface area contributed by atoms with E-state index in [0.717, 1.165) is 20.5 Å². The van der Waals surface area contributed by atoms with Crippen LogP contribution in [0.3, 0.4) is 0 Å². The van der Waals surface area contributed by atoms with Gasteiger partial charge in [-0.05, 0) is 71.8 Å². The van der Waals surface area contributed by atoms with E-state index in [1.165, 1.54) is 13.2 Å². The number of carbonyl (C=O) groups excluding carboxylic acids is 3. The van der Waals surface area contributed by atoms with E-state index in [0.29, 0.717) is 34.4 Å². The van der Waals surface area contributed by atoms with E-state index in [1.54, 1.807) is 48.5 Å². The van der Waals surface area contributed by atoms with Gasteiger partial charge in [-0.1, -0.05) is 63.9 Å². The molecule has 42 heavy (non-hydrogen) atoms. The number of halogens is 2. The quantitative estimate of drug-likeness (QED) is 0.156. The van der Waals surface area contributed by atoms with Crippen LogP contribution in [0.15, 0.2) is 101 Å².